The molecule has 0 atom stereocenters. The van der Waals surface area contributed by atoms with E-state index >= 15 is 0 Å². The Kier molecular flexibility index (Phi) is 7.41. The van der Waals surface area contributed by atoms with Crippen LogP contribution in [0, 0.1) is 13.8 Å². The lowest BCUT2D eigenvalue weighted by Gasteiger charge is -2.14. The second kappa shape index (κ2) is 10.2. The fraction of sp³-hybridized carbons (Fsp3) is 0.304. The van der Waals surface area contributed by atoms with Gasteiger partial charge < -0.3 is 14.2 Å². The summed E-state index contributed by atoms with van der Waals surface area (Å²) in [7, 11) is 0. The number of thioether (sulfide) groups is 1. The molecule has 0 aromatic heterocycles. The fourth-order valence-corrected chi connectivity index (χ4v) is 3.56. The first-order valence-corrected chi connectivity index (χ1v) is 10.6. The highest BCUT2D eigenvalue weighted by atomic mass is 32.2. The topological polar surface area (TPSA) is 73.9 Å². The molecule has 2 aromatic carbocycles. The van der Waals surface area contributed by atoms with Crippen LogP contribution in [-0.4, -0.2) is 31.0 Å². The molecule has 0 unspecified atom stereocenters. The van der Waals surface area contributed by atoms with E-state index in [1.54, 1.807) is 12.1 Å². The lowest BCUT2D eigenvalue weighted by molar-refractivity contribution is -0.115. The van der Waals surface area contributed by atoms with Gasteiger partial charge in [-0.25, -0.2) is 0 Å². The molecular formula is C23H25NO5S. The standard InChI is InChI=1S/C23H25NO5S/c1-4-27-20-13-17(14-21-22(25)24-23(26)30-21)9-10-19(20)29-12-6-11-28-18-8-5-7-15(2)16(18)3/h5,7-10,13-14H,4,6,11-12H2,1-3H3,(H,24,25,26)/b21-14+. The summed E-state index contributed by atoms with van der Waals surface area (Å²) in [5.41, 5.74) is 3.12. The van der Waals surface area contributed by atoms with Crippen molar-refractivity contribution in [1.29, 1.82) is 0 Å². The van der Waals surface area contributed by atoms with Gasteiger partial charge >= 0.3 is 0 Å². The van der Waals surface area contributed by atoms with Gasteiger partial charge in [-0.2, -0.15) is 0 Å². The van der Waals surface area contributed by atoms with Gasteiger partial charge in [0.05, 0.1) is 24.7 Å². The Balaban J connectivity index is 1.57. The predicted octanol–water partition coefficient (Wildman–Crippen LogP) is 4.87. The maximum atomic E-state index is 11.7. The van der Waals surface area contributed by atoms with Gasteiger partial charge in [0.25, 0.3) is 11.1 Å². The third-order valence-corrected chi connectivity index (χ3v) is 5.38. The van der Waals surface area contributed by atoms with Crippen LogP contribution in [0.25, 0.3) is 6.08 Å². The molecule has 0 bridgehead atoms. The summed E-state index contributed by atoms with van der Waals surface area (Å²) in [5, 5.41) is 1.88. The number of imide groups is 1. The van der Waals surface area contributed by atoms with Crippen LogP contribution in [0.15, 0.2) is 41.3 Å². The number of carbonyl (C=O) groups excluding carboxylic acids is 2. The van der Waals surface area contributed by atoms with E-state index in [9.17, 15) is 9.59 Å². The smallest absolute Gasteiger partial charge is 0.290 e. The van der Waals surface area contributed by atoms with Gasteiger partial charge in [0, 0.05) is 6.42 Å². The second-order valence-corrected chi connectivity index (χ2v) is 7.75. The molecule has 3 rings (SSSR count). The molecule has 0 aliphatic carbocycles. The zero-order chi connectivity index (χ0) is 21.5. The van der Waals surface area contributed by atoms with Crippen molar-refractivity contribution in [2.75, 3.05) is 19.8 Å². The molecule has 1 N–H and O–H groups in total. The highest BCUT2D eigenvalue weighted by Gasteiger charge is 2.25. The summed E-state index contributed by atoms with van der Waals surface area (Å²) in [5.74, 6) is 1.74. The van der Waals surface area contributed by atoms with Crippen LogP contribution in [0.5, 0.6) is 17.2 Å². The number of nitrogens with one attached hydrogen (secondary N) is 1. The van der Waals surface area contributed by atoms with E-state index in [1.807, 2.05) is 31.2 Å². The summed E-state index contributed by atoms with van der Waals surface area (Å²) in [6.45, 7) is 7.54. The first-order chi connectivity index (χ1) is 14.5. The number of ether oxygens (including phenoxy) is 3. The van der Waals surface area contributed by atoms with Gasteiger partial charge in [0.2, 0.25) is 0 Å². The molecule has 0 spiro atoms. The monoisotopic (exact) mass is 427 g/mol. The van der Waals surface area contributed by atoms with Crippen LogP contribution in [0.1, 0.15) is 30.0 Å². The minimum atomic E-state index is -0.382. The predicted molar refractivity (Wildman–Crippen MR) is 118 cm³/mol. The third kappa shape index (κ3) is 5.57. The molecule has 2 amide bonds. The number of rotatable bonds is 9. The largest absolute Gasteiger partial charge is 0.493 e. The molecular weight excluding hydrogens is 402 g/mol. The molecule has 6 nitrogen and oxygen atoms in total. The summed E-state index contributed by atoms with van der Waals surface area (Å²) in [4.78, 5) is 23.4. The van der Waals surface area contributed by atoms with E-state index in [-0.39, 0.29) is 11.1 Å². The Morgan fingerprint density at radius 1 is 0.967 bits per heavy atom. The number of amides is 2. The van der Waals surface area contributed by atoms with Crippen LogP contribution in [0.3, 0.4) is 0 Å². The van der Waals surface area contributed by atoms with Crippen LogP contribution in [0.2, 0.25) is 0 Å². The normalized spacial score (nSPS) is 14.7. The Morgan fingerprint density at radius 2 is 1.73 bits per heavy atom. The van der Waals surface area contributed by atoms with Gasteiger partial charge in [-0.15, -0.1) is 0 Å². The average molecular weight is 428 g/mol. The van der Waals surface area contributed by atoms with Crippen molar-refractivity contribution in [3.8, 4) is 17.2 Å². The molecule has 1 heterocycles. The van der Waals surface area contributed by atoms with Crippen LogP contribution in [0.4, 0.5) is 4.79 Å². The van der Waals surface area contributed by atoms with Gasteiger partial charge in [0.1, 0.15) is 5.75 Å². The van der Waals surface area contributed by atoms with Crippen LogP contribution >= 0.6 is 11.8 Å². The van der Waals surface area contributed by atoms with E-state index in [1.165, 1.54) is 5.56 Å². The second-order valence-electron chi connectivity index (χ2n) is 6.74. The van der Waals surface area contributed by atoms with Crippen molar-refractivity contribution >= 4 is 29.0 Å². The molecule has 30 heavy (non-hydrogen) atoms. The molecule has 1 fully saturated rings. The SMILES string of the molecule is CCOc1cc(/C=C2/SC(=O)NC2=O)ccc1OCCCOc1cccc(C)c1C. The maximum Gasteiger partial charge on any atom is 0.290 e. The Labute approximate surface area is 180 Å². The van der Waals surface area contributed by atoms with Crippen LogP contribution < -0.4 is 19.5 Å². The average Bonchev–Trinajstić information content (AvgIpc) is 3.03. The molecule has 1 saturated heterocycles. The quantitative estimate of drug-likeness (QED) is 0.454. The summed E-state index contributed by atoms with van der Waals surface area (Å²) in [6, 6.07) is 11.5. The molecule has 7 heteroatoms. The molecule has 1 aliphatic heterocycles. The summed E-state index contributed by atoms with van der Waals surface area (Å²) < 4.78 is 17.4. The highest BCUT2D eigenvalue weighted by molar-refractivity contribution is 8.18. The number of hydrogen-bond acceptors (Lipinski definition) is 6. The Bertz CT molecular complexity index is 970. The molecule has 158 valence electrons. The Morgan fingerprint density at radius 3 is 2.43 bits per heavy atom. The van der Waals surface area contributed by atoms with Gasteiger partial charge in [-0.3, -0.25) is 14.9 Å². The number of carbonyl (C=O) groups is 2. The first-order valence-electron chi connectivity index (χ1n) is 9.81. The zero-order valence-corrected chi connectivity index (χ0v) is 18.1. The van der Waals surface area contributed by atoms with Crippen molar-refractivity contribution in [3.63, 3.8) is 0 Å². The molecule has 0 saturated carbocycles. The molecule has 1 aliphatic rings. The maximum absolute atomic E-state index is 11.7. The summed E-state index contributed by atoms with van der Waals surface area (Å²) >= 11 is 0.887. The summed E-state index contributed by atoms with van der Waals surface area (Å²) in [6.07, 6.45) is 2.39. The first kappa shape index (κ1) is 21.8. The lowest BCUT2D eigenvalue weighted by atomic mass is 10.1. The van der Waals surface area contributed by atoms with Gasteiger partial charge in [-0.05, 0) is 73.5 Å². The lowest BCUT2D eigenvalue weighted by Crippen LogP contribution is -2.17. The van der Waals surface area contributed by atoms with Crippen LogP contribution in [-0.2, 0) is 4.79 Å². The van der Waals surface area contributed by atoms with E-state index < -0.39 is 0 Å². The molecule has 0 radical (unpaired) electrons. The van der Waals surface area contributed by atoms with Gasteiger partial charge in [0.15, 0.2) is 11.5 Å². The van der Waals surface area contributed by atoms with Crippen molar-refractivity contribution in [1.82, 2.24) is 5.32 Å². The van der Waals surface area contributed by atoms with E-state index in [0.29, 0.717) is 36.2 Å². The van der Waals surface area contributed by atoms with Crippen molar-refractivity contribution in [2.24, 2.45) is 0 Å². The van der Waals surface area contributed by atoms with Crippen molar-refractivity contribution in [3.05, 3.63) is 58.0 Å². The van der Waals surface area contributed by atoms with Crippen molar-refractivity contribution < 1.29 is 23.8 Å². The van der Waals surface area contributed by atoms with E-state index in [4.69, 9.17) is 14.2 Å². The highest BCUT2D eigenvalue weighted by Crippen LogP contribution is 2.32. The number of aryl methyl sites for hydroxylation is 1. The zero-order valence-electron chi connectivity index (χ0n) is 17.3. The fourth-order valence-electron chi connectivity index (χ4n) is 2.88. The number of hydrogen-bond donors (Lipinski definition) is 1. The van der Waals surface area contributed by atoms with E-state index in [2.05, 4.69) is 25.2 Å². The van der Waals surface area contributed by atoms with Gasteiger partial charge in [-0.1, -0.05) is 18.2 Å². The molecule has 2 aromatic rings. The number of benzene rings is 2. The van der Waals surface area contributed by atoms with Crippen molar-refractivity contribution in [2.45, 2.75) is 27.2 Å². The van der Waals surface area contributed by atoms with E-state index in [0.717, 1.165) is 35.1 Å². The Hall–Kier alpha value is -2.93. The minimum Gasteiger partial charge on any atom is -0.493 e. The third-order valence-electron chi connectivity index (χ3n) is 4.57. The minimum absolute atomic E-state index is 0.361.